The SMILES string of the molecule is C=CC(=O)Nc1cccc(Oc2nc(Nc3ccc(CN4CCC(C)C(CC)C4)c(F)c3)nc3ccsc23)c1. The van der Waals surface area contributed by atoms with Crippen LogP contribution in [0.4, 0.5) is 21.7 Å². The molecule has 1 aliphatic heterocycles. The lowest BCUT2D eigenvalue weighted by Gasteiger charge is -2.36. The van der Waals surface area contributed by atoms with Gasteiger partial charge >= 0.3 is 0 Å². The van der Waals surface area contributed by atoms with Crippen LogP contribution in [0, 0.1) is 17.7 Å². The standard InChI is InChI=1S/C30H32FN5O2S/c1-4-20-17-36(13-11-19(20)3)18-21-9-10-23(16-25(21)31)33-30-34-26-12-14-39-28(26)29(35-30)38-24-8-6-7-22(15-24)32-27(37)5-2/h5-10,12,14-16,19-20H,2,4,11,13,17-18H2,1,3H3,(H,32,37)(H,33,34,35). The minimum atomic E-state index is -0.310. The highest BCUT2D eigenvalue weighted by molar-refractivity contribution is 7.17. The first-order valence-corrected chi connectivity index (χ1v) is 14.0. The number of hydrogen-bond acceptors (Lipinski definition) is 7. The van der Waals surface area contributed by atoms with E-state index in [1.807, 2.05) is 23.6 Å². The summed E-state index contributed by atoms with van der Waals surface area (Å²) in [5.74, 6) is 2.00. The number of aromatic nitrogens is 2. The zero-order valence-corrected chi connectivity index (χ0v) is 22.9. The number of ether oxygens (including phenoxy) is 1. The van der Waals surface area contributed by atoms with E-state index in [4.69, 9.17) is 4.74 Å². The van der Waals surface area contributed by atoms with Gasteiger partial charge < -0.3 is 15.4 Å². The van der Waals surface area contributed by atoms with Crippen LogP contribution in [-0.4, -0.2) is 33.9 Å². The van der Waals surface area contributed by atoms with E-state index in [1.54, 1.807) is 24.3 Å². The molecular formula is C30H32FN5O2S. The number of nitrogens with one attached hydrogen (secondary N) is 2. The quantitative estimate of drug-likeness (QED) is 0.214. The minimum Gasteiger partial charge on any atom is -0.437 e. The van der Waals surface area contributed by atoms with Gasteiger partial charge in [-0.1, -0.05) is 39.0 Å². The molecule has 5 rings (SSSR count). The first-order chi connectivity index (χ1) is 18.9. The molecule has 1 amide bonds. The number of nitrogens with zero attached hydrogens (tertiary/aromatic N) is 3. The van der Waals surface area contributed by atoms with Gasteiger partial charge in [0.05, 0.1) is 5.52 Å². The monoisotopic (exact) mass is 545 g/mol. The van der Waals surface area contributed by atoms with Gasteiger partial charge in [0.1, 0.15) is 16.3 Å². The molecule has 2 atom stereocenters. The maximum Gasteiger partial charge on any atom is 0.247 e. The van der Waals surface area contributed by atoms with Gasteiger partial charge in [0, 0.05) is 36.1 Å². The van der Waals surface area contributed by atoms with Crippen LogP contribution in [0.3, 0.4) is 0 Å². The Labute approximate surface area is 231 Å². The molecule has 0 spiro atoms. The molecule has 202 valence electrons. The van der Waals surface area contributed by atoms with Crippen molar-refractivity contribution >= 4 is 44.8 Å². The Bertz CT molecular complexity index is 1490. The first kappa shape index (κ1) is 26.8. The van der Waals surface area contributed by atoms with E-state index in [0.717, 1.165) is 36.5 Å². The van der Waals surface area contributed by atoms with E-state index in [1.165, 1.54) is 23.5 Å². The fourth-order valence-corrected chi connectivity index (χ4v) is 5.68. The maximum atomic E-state index is 15.1. The number of piperidine rings is 1. The fourth-order valence-electron chi connectivity index (χ4n) is 4.93. The molecular weight excluding hydrogens is 513 g/mol. The number of likely N-dealkylation sites (tertiary alicyclic amines) is 1. The van der Waals surface area contributed by atoms with Gasteiger partial charge in [-0.25, -0.2) is 9.37 Å². The van der Waals surface area contributed by atoms with E-state index < -0.39 is 0 Å². The number of rotatable bonds is 9. The Kier molecular flexibility index (Phi) is 8.18. The average molecular weight is 546 g/mol. The van der Waals surface area contributed by atoms with E-state index in [0.29, 0.717) is 52.5 Å². The van der Waals surface area contributed by atoms with E-state index in [-0.39, 0.29) is 11.7 Å². The zero-order chi connectivity index (χ0) is 27.4. The Morgan fingerprint density at radius 2 is 2.10 bits per heavy atom. The predicted octanol–water partition coefficient (Wildman–Crippen LogP) is 7.36. The third-order valence-electron chi connectivity index (χ3n) is 7.20. The van der Waals surface area contributed by atoms with Crippen molar-refractivity contribution in [2.45, 2.75) is 33.2 Å². The molecule has 0 bridgehead atoms. The minimum absolute atomic E-state index is 0.252. The van der Waals surface area contributed by atoms with E-state index in [9.17, 15) is 4.79 Å². The summed E-state index contributed by atoms with van der Waals surface area (Å²) in [6, 6.07) is 14.1. The van der Waals surface area contributed by atoms with Crippen LogP contribution in [0.15, 0.2) is 66.6 Å². The highest BCUT2D eigenvalue weighted by Gasteiger charge is 2.25. The molecule has 1 fully saturated rings. The first-order valence-electron chi connectivity index (χ1n) is 13.2. The largest absolute Gasteiger partial charge is 0.437 e. The van der Waals surface area contributed by atoms with E-state index in [2.05, 4.69) is 45.9 Å². The van der Waals surface area contributed by atoms with Gasteiger partial charge in [0.15, 0.2) is 0 Å². The van der Waals surface area contributed by atoms with Crippen LogP contribution in [0.5, 0.6) is 11.6 Å². The van der Waals surface area contributed by atoms with Crippen molar-refractivity contribution in [3.8, 4) is 11.6 Å². The van der Waals surface area contributed by atoms with Crippen molar-refractivity contribution in [1.82, 2.24) is 14.9 Å². The smallest absolute Gasteiger partial charge is 0.247 e. The summed E-state index contributed by atoms with van der Waals surface area (Å²) in [4.78, 5) is 23.2. The van der Waals surface area contributed by atoms with Crippen LogP contribution in [0.25, 0.3) is 10.2 Å². The lowest BCUT2D eigenvalue weighted by molar-refractivity contribution is -0.111. The highest BCUT2D eigenvalue weighted by atomic mass is 32.1. The number of halogens is 1. The van der Waals surface area contributed by atoms with Crippen molar-refractivity contribution in [2.24, 2.45) is 11.8 Å². The van der Waals surface area contributed by atoms with Gasteiger partial charge in [-0.05, 0) is 66.6 Å². The predicted molar refractivity (Wildman–Crippen MR) is 155 cm³/mol. The summed E-state index contributed by atoms with van der Waals surface area (Å²) in [6.07, 6.45) is 3.51. The summed E-state index contributed by atoms with van der Waals surface area (Å²) in [7, 11) is 0. The normalized spacial score (nSPS) is 17.6. The van der Waals surface area contributed by atoms with E-state index >= 15 is 4.39 Å². The summed E-state index contributed by atoms with van der Waals surface area (Å²) in [5.41, 5.74) is 2.54. The number of benzene rings is 2. The summed E-state index contributed by atoms with van der Waals surface area (Å²) < 4.78 is 22.0. The zero-order valence-electron chi connectivity index (χ0n) is 22.1. The number of thiophene rings is 1. The number of carbonyl (C=O) groups is 1. The van der Waals surface area contributed by atoms with Gasteiger partial charge in [-0.15, -0.1) is 11.3 Å². The number of anilines is 3. The third kappa shape index (κ3) is 6.43. The lowest BCUT2D eigenvalue weighted by Crippen LogP contribution is -2.39. The Morgan fingerprint density at radius 3 is 2.90 bits per heavy atom. The van der Waals surface area contributed by atoms with Crippen molar-refractivity contribution in [2.75, 3.05) is 23.7 Å². The number of amides is 1. The second-order valence-corrected chi connectivity index (χ2v) is 10.8. The van der Waals surface area contributed by atoms with Crippen LogP contribution >= 0.6 is 11.3 Å². The molecule has 0 radical (unpaired) electrons. The average Bonchev–Trinajstić information content (AvgIpc) is 3.40. The molecule has 0 aliphatic carbocycles. The highest BCUT2D eigenvalue weighted by Crippen LogP contribution is 2.34. The molecule has 7 nitrogen and oxygen atoms in total. The molecule has 1 saturated heterocycles. The Balaban J connectivity index is 1.32. The Morgan fingerprint density at radius 1 is 1.23 bits per heavy atom. The van der Waals surface area contributed by atoms with Gasteiger partial charge in [0.25, 0.3) is 0 Å². The molecule has 2 unspecified atom stereocenters. The van der Waals surface area contributed by atoms with Gasteiger partial charge in [-0.2, -0.15) is 4.98 Å². The second-order valence-electron chi connectivity index (χ2n) is 9.91. The molecule has 4 aromatic rings. The summed E-state index contributed by atoms with van der Waals surface area (Å²) in [6.45, 7) is 10.6. The third-order valence-corrected chi connectivity index (χ3v) is 8.09. The van der Waals surface area contributed by atoms with Crippen LogP contribution in [0.1, 0.15) is 32.3 Å². The molecule has 1 aliphatic rings. The van der Waals surface area contributed by atoms with Crippen molar-refractivity contribution < 1.29 is 13.9 Å². The Hall–Kier alpha value is -3.82. The molecule has 3 heterocycles. The van der Waals surface area contributed by atoms with Gasteiger partial charge in [-0.3, -0.25) is 9.69 Å². The molecule has 2 aromatic heterocycles. The number of carbonyl (C=O) groups excluding carboxylic acids is 1. The summed E-state index contributed by atoms with van der Waals surface area (Å²) in [5, 5.41) is 7.76. The lowest BCUT2D eigenvalue weighted by atomic mass is 9.85. The van der Waals surface area contributed by atoms with Crippen LogP contribution < -0.4 is 15.4 Å². The summed E-state index contributed by atoms with van der Waals surface area (Å²) >= 11 is 1.46. The van der Waals surface area contributed by atoms with Crippen molar-refractivity contribution in [3.63, 3.8) is 0 Å². The second kappa shape index (κ2) is 11.9. The van der Waals surface area contributed by atoms with Crippen LogP contribution in [-0.2, 0) is 11.3 Å². The fraction of sp³-hybridized carbons (Fsp3) is 0.300. The number of hydrogen-bond donors (Lipinski definition) is 2. The van der Waals surface area contributed by atoms with Crippen molar-refractivity contribution in [1.29, 1.82) is 0 Å². The van der Waals surface area contributed by atoms with Crippen molar-refractivity contribution in [3.05, 3.63) is 77.9 Å². The maximum absolute atomic E-state index is 15.1. The molecule has 2 N–H and O–H groups in total. The van der Waals surface area contributed by atoms with Gasteiger partial charge in [0.2, 0.25) is 17.7 Å². The molecule has 0 saturated carbocycles. The molecule has 9 heteroatoms. The topological polar surface area (TPSA) is 79.4 Å². The van der Waals surface area contributed by atoms with Crippen LogP contribution in [0.2, 0.25) is 0 Å². The molecule has 39 heavy (non-hydrogen) atoms. The number of fused-ring (bicyclic) bond motifs is 1. The molecule has 2 aromatic carbocycles.